The summed E-state index contributed by atoms with van der Waals surface area (Å²) in [6, 6.07) is 4.36. The number of hydrogen-bond donors (Lipinski definition) is 0. The molecule has 0 radical (unpaired) electrons. The van der Waals surface area contributed by atoms with Crippen LogP contribution in [0, 0.1) is 5.92 Å². The van der Waals surface area contributed by atoms with Crippen molar-refractivity contribution in [1.29, 1.82) is 0 Å². The van der Waals surface area contributed by atoms with Crippen LogP contribution >= 0.6 is 22.9 Å². The first kappa shape index (κ1) is 11.4. The van der Waals surface area contributed by atoms with E-state index in [9.17, 15) is 0 Å². The Morgan fingerprint density at radius 2 is 2.27 bits per heavy atom. The molecule has 15 heavy (non-hydrogen) atoms. The highest BCUT2D eigenvalue weighted by atomic mass is 35.5. The predicted molar refractivity (Wildman–Crippen MR) is 67.6 cm³/mol. The molecule has 0 spiro atoms. The van der Waals surface area contributed by atoms with E-state index >= 15 is 0 Å². The molecule has 2 heterocycles. The van der Waals surface area contributed by atoms with Gasteiger partial charge in [0.25, 0.3) is 0 Å². The van der Waals surface area contributed by atoms with E-state index in [2.05, 4.69) is 29.3 Å². The van der Waals surface area contributed by atoms with Gasteiger partial charge in [-0.3, -0.25) is 4.90 Å². The van der Waals surface area contributed by atoms with E-state index in [1.807, 2.05) is 11.3 Å². The zero-order valence-corrected chi connectivity index (χ0v) is 10.7. The summed E-state index contributed by atoms with van der Waals surface area (Å²) < 4.78 is 0. The summed E-state index contributed by atoms with van der Waals surface area (Å²) in [4.78, 5) is 4.02. The molecule has 84 valence electrons. The maximum atomic E-state index is 6.13. The van der Waals surface area contributed by atoms with Gasteiger partial charge in [0.15, 0.2) is 0 Å². The Hall–Kier alpha value is -0.0500. The molecule has 1 aromatic heterocycles. The molecule has 0 aliphatic carbocycles. The second-order valence-corrected chi connectivity index (χ2v) is 6.09. The van der Waals surface area contributed by atoms with Gasteiger partial charge in [-0.25, -0.2) is 0 Å². The van der Waals surface area contributed by atoms with Crippen LogP contribution < -0.4 is 0 Å². The monoisotopic (exact) mass is 243 g/mol. The van der Waals surface area contributed by atoms with Gasteiger partial charge in [-0.2, -0.15) is 0 Å². The molecule has 0 saturated carbocycles. The second kappa shape index (κ2) is 5.33. The summed E-state index contributed by atoms with van der Waals surface area (Å²) in [6.45, 7) is 5.67. The molecule has 1 aliphatic rings. The van der Waals surface area contributed by atoms with E-state index in [4.69, 9.17) is 11.6 Å². The summed E-state index contributed by atoms with van der Waals surface area (Å²) >= 11 is 7.99. The molecule has 1 unspecified atom stereocenters. The minimum atomic E-state index is 0.342. The van der Waals surface area contributed by atoms with Crippen LogP contribution in [0.25, 0.3) is 0 Å². The fraction of sp³-hybridized carbons (Fsp3) is 0.667. The van der Waals surface area contributed by atoms with E-state index in [0.717, 1.165) is 12.5 Å². The lowest BCUT2D eigenvalue weighted by Gasteiger charge is -2.32. The van der Waals surface area contributed by atoms with E-state index < -0.39 is 0 Å². The second-order valence-electron chi connectivity index (χ2n) is 4.37. The Labute approximate surface area is 101 Å². The maximum absolute atomic E-state index is 6.13. The molecule has 1 atom stereocenters. The van der Waals surface area contributed by atoms with Crippen molar-refractivity contribution in [2.45, 2.75) is 31.7 Å². The Morgan fingerprint density at radius 3 is 2.80 bits per heavy atom. The van der Waals surface area contributed by atoms with Crippen LogP contribution in [0.5, 0.6) is 0 Å². The van der Waals surface area contributed by atoms with Gasteiger partial charge in [-0.15, -0.1) is 22.9 Å². The van der Waals surface area contributed by atoms with Crippen molar-refractivity contribution in [2.24, 2.45) is 5.92 Å². The van der Waals surface area contributed by atoms with Gasteiger partial charge in [0.05, 0.1) is 0 Å². The normalized spacial score (nSPS) is 21.7. The lowest BCUT2D eigenvalue weighted by molar-refractivity contribution is 0.178. The maximum Gasteiger partial charge on any atom is 0.0337 e. The van der Waals surface area contributed by atoms with Gasteiger partial charge in [0.2, 0.25) is 0 Å². The first-order valence-electron chi connectivity index (χ1n) is 5.64. The topological polar surface area (TPSA) is 3.24 Å². The van der Waals surface area contributed by atoms with Crippen LogP contribution in [0.3, 0.4) is 0 Å². The van der Waals surface area contributed by atoms with E-state index in [-0.39, 0.29) is 0 Å². The molecule has 1 fully saturated rings. The molecule has 1 aliphatic heterocycles. The molecule has 2 rings (SSSR count). The molecule has 0 amide bonds. The predicted octanol–water partition coefficient (Wildman–Crippen LogP) is 3.59. The summed E-state index contributed by atoms with van der Waals surface area (Å²) in [6.07, 6.45) is 2.52. The van der Waals surface area contributed by atoms with Crippen molar-refractivity contribution < 1.29 is 0 Å². The molecule has 0 N–H and O–H groups in total. The van der Waals surface area contributed by atoms with Crippen LogP contribution in [-0.4, -0.2) is 23.4 Å². The highest BCUT2D eigenvalue weighted by Gasteiger charge is 2.22. The van der Waals surface area contributed by atoms with E-state index in [0.29, 0.717) is 5.38 Å². The first-order chi connectivity index (χ1) is 7.25. The van der Waals surface area contributed by atoms with Gasteiger partial charge in [-0.1, -0.05) is 6.07 Å². The number of halogens is 1. The average Bonchev–Trinajstić information content (AvgIpc) is 2.71. The lowest BCUT2D eigenvalue weighted by atomic mass is 9.94. The highest BCUT2D eigenvalue weighted by Crippen LogP contribution is 2.25. The Balaban J connectivity index is 1.79. The van der Waals surface area contributed by atoms with Gasteiger partial charge >= 0.3 is 0 Å². The third-order valence-corrected chi connectivity index (χ3v) is 4.46. The largest absolute Gasteiger partial charge is 0.298 e. The average molecular weight is 244 g/mol. The quantitative estimate of drug-likeness (QED) is 0.734. The number of likely N-dealkylation sites (tertiary alicyclic amines) is 1. The zero-order valence-electron chi connectivity index (χ0n) is 9.16. The summed E-state index contributed by atoms with van der Waals surface area (Å²) in [5.41, 5.74) is 0. The summed E-state index contributed by atoms with van der Waals surface area (Å²) in [5, 5.41) is 2.50. The third-order valence-electron chi connectivity index (χ3n) is 3.24. The molecule has 1 saturated heterocycles. The third kappa shape index (κ3) is 3.20. The van der Waals surface area contributed by atoms with Crippen molar-refractivity contribution in [3.8, 4) is 0 Å². The number of piperidine rings is 1. The number of thiophene rings is 1. The summed E-state index contributed by atoms with van der Waals surface area (Å²) in [5.74, 6) is 0.728. The van der Waals surface area contributed by atoms with E-state index in [1.165, 1.54) is 30.8 Å². The number of hydrogen-bond acceptors (Lipinski definition) is 2. The Bertz CT molecular complexity index is 276. The van der Waals surface area contributed by atoms with E-state index in [1.54, 1.807) is 0 Å². The van der Waals surface area contributed by atoms with Gasteiger partial charge in [-0.05, 0) is 50.2 Å². The molecular weight excluding hydrogens is 226 g/mol. The van der Waals surface area contributed by atoms with Crippen molar-refractivity contribution in [3.05, 3.63) is 22.4 Å². The van der Waals surface area contributed by atoms with Crippen LogP contribution in [0.4, 0.5) is 0 Å². The molecular formula is C12H18ClNS. The highest BCUT2D eigenvalue weighted by molar-refractivity contribution is 7.09. The van der Waals surface area contributed by atoms with Crippen molar-refractivity contribution in [1.82, 2.24) is 4.90 Å². The molecule has 3 heteroatoms. The van der Waals surface area contributed by atoms with Gasteiger partial charge in [0.1, 0.15) is 0 Å². The zero-order chi connectivity index (χ0) is 10.7. The van der Waals surface area contributed by atoms with Crippen molar-refractivity contribution in [3.63, 3.8) is 0 Å². The fourth-order valence-electron chi connectivity index (χ4n) is 2.19. The smallest absolute Gasteiger partial charge is 0.0337 e. The fourth-order valence-corrected chi connectivity index (χ4v) is 3.19. The standard InChI is InChI=1S/C12H18ClNS/c1-10(13)11-4-6-14(7-5-11)9-12-3-2-8-15-12/h2-3,8,10-11H,4-7,9H2,1H3. The van der Waals surface area contributed by atoms with Crippen molar-refractivity contribution >= 4 is 22.9 Å². The minimum absolute atomic E-state index is 0.342. The van der Waals surface area contributed by atoms with Crippen LogP contribution in [-0.2, 0) is 6.54 Å². The Kier molecular flexibility index (Phi) is 4.06. The minimum Gasteiger partial charge on any atom is -0.298 e. The van der Waals surface area contributed by atoms with Crippen LogP contribution in [0.1, 0.15) is 24.6 Å². The van der Waals surface area contributed by atoms with Gasteiger partial charge < -0.3 is 0 Å². The van der Waals surface area contributed by atoms with Crippen molar-refractivity contribution in [2.75, 3.05) is 13.1 Å². The van der Waals surface area contributed by atoms with Gasteiger partial charge in [0, 0.05) is 16.8 Å². The summed E-state index contributed by atoms with van der Waals surface area (Å²) in [7, 11) is 0. The molecule has 1 aromatic rings. The molecule has 0 aromatic carbocycles. The number of alkyl halides is 1. The molecule has 1 nitrogen and oxygen atoms in total. The Morgan fingerprint density at radius 1 is 1.53 bits per heavy atom. The first-order valence-corrected chi connectivity index (χ1v) is 6.96. The number of rotatable bonds is 3. The lowest BCUT2D eigenvalue weighted by Crippen LogP contribution is -2.35. The SMILES string of the molecule is CC(Cl)C1CCN(Cc2cccs2)CC1. The number of nitrogens with zero attached hydrogens (tertiary/aromatic N) is 1. The van der Waals surface area contributed by atoms with Crippen LogP contribution in [0.15, 0.2) is 17.5 Å². The van der Waals surface area contributed by atoms with Crippen LogP contribution in [0.2, 0.25) is 0 Å². The molecule has 0 bridgehead atoms.